The number of nitrogens with one attached hydrogen (secondary N) is 2. The minimum atomic E-state index is -0.633. The molecule has 0 spiro atoms. The molecule has 21 heavy (non-hydrogen) atoms. The molecule has 4 N–H and O–H groups in total. The summed E-state index contributed by atoms with van der Waals surface area (Å²) in [5.74, 6) is 0.000315. The Labute approximate surface area is 125 Å². The average molecular weight is 309 g/mol. The Balaban J connectivity index is 1.95. The molecular weight excluding hydrogens is 296 g/mol. The highest BCUT2D eigenvalue weighted by molar-refractivity contribution is 6.33. The Bertz CT molecular complexity index is 684. The maximum absolute atomic E-state index is 11.7. The molecular formula is C13H13ClN4O3. The maximum Gasteiger partial charge on any atom is 0.250 e. The first-order valence-corrected chi connectivity index (χ1v) is 6.40. The number of carbonyl (C=O) groups excluding carboxylic acids is 2. The zero-order chi connectivity index (χ0) is 15.4. The molecule has 0 radical (unpaired) electrons. The zero-order valence-corrected chi connectivity index (χ0v) is 11.9. The summed E-state index contributed by atoms with van der Waals surface area (Å²) in [6.07, 6.45) is 0. The van der Waals surface area contributed by atoms with Gasteiger partial charge in [0.25, 0.3) is 0 Å². The van der Waals surface area contributed by atoms with E-state index < -0.39 is 5.91 Å². The van der Waals surface area contributed by atoms with Crippen LogP contribution in [0.4, 0.5) is 11.5 Å². The standard InChI is InChI=1S/C13H13ClN4O3/c1-7-4-11(18-21-7)17-12(19)6-16-8-2-3-10(14)9(5-8)13(15)20/h2-5,16H,6H2,1H3,(H2,15,20)(H,17,18,19). The molecule has 110 valence electrons. The predicted octanol–water partition coefficient (Wildman–Crippen LogP) is 1.79. The van der Waals surface area contributed by atoms with Crippen molar-refractivity contribution in [1.82, 2.24) is 5.16 Å². The molecule has 0 fully saturated rings. The molecule has 2 amide bonds. The molecule has 0 bridgehead atoms. The fourth-order valence-electron chi connectivity index (χ4n) is 1.62. The number of benzene rings is 1. The first kappa shape index (κ1) is 14.9. The van der Waals surface area contributed by atoms with Gasteiger partial charge in [-0.2, -0.15) is 0 Å². The highest BCUT2D eigenvalue weighted by Gasteiger charge is 2.09. The van der Waals surface area contributed by atoms with Crippen molar-refractivity contribution in [2.75, 3.05) is 17.2 Å². The summed E-state index contributed by atoms with van der Waals surface area (Å²) in [4.78, 5) is 22.9. The van der Waals surface area contributed by atoms with Crippen LogP contribution in [0.3, 0.4) is 0 Å². The number of amides is 2. The van der Waals surface area contributed by atoms with E-state index in [1.54, 1.807) is 19.1 Å². The fourth-order valence-corrected chi connectivity index (χ4v) is 1.83. The van der Waals surface area contributed by atoms with E-state index in [9.17, 15) is 9.59 Å². The van der Waals surface area contributed by atoms with Crippen molar-refractivity contribution in [3.05, 3.63) is 40.6 Å². The molecule has 8 heteroatoms. The van der Waals surface area contributed by atoms with Crippen molar-refractivity contribution < 1.29 is 14.1 Å². The lowest BCUT2D eigenvalue weighted by atomic mass is 10.2. The number of rotatable bonds is 5. The number of nitrogens with two attached hydrogens (primary N) is 1. The van der Waals surface area contributed by atoms with Gasteiger partial charge in [-0.15, -0.1) is 0 Å². The lowest BCUT2D eigenvalue weighted by Gasteiger charge is -2.08. The van der Waals surface area contributed by atoms with E-state index in [0.717, 1.165) is 0 Å². The van der Waals surface area contributed by atoms with Crippen molar-refractivity contribution in [2.24, 2.45) is 5.73 Å². The molecule has 1 aromatic heterocycles. The SMILES string of the molecule is Cc1cc(NC(=O)CNc2ccc(Cl)c(C(N)=O)c2)no1. The molecule has 2 rings (SSSR count). The molecule has 0 aliphatic heterocycles. The van der Waals surface area contributed by atoms with Gasteiger partial charge in [0.2, 0.25) is 11.8 Å². The molecule has 0 saturated carbocycles. The number of hydrogen-bond donors (Lipinski definition) is 3. The minimum Gasteiger partial charge on any atom is -0.376 e. The lowest BCUT2D eigenvalue weighted by Crippen LogP contribution is -2.22. The van der Waals surface area contributed by atoms with Gasteiger partial charge >= 0.3 is 0 Å². The summed E-state index contributed by atoms with van der Waals surface area (Å²) < 4.78 is 4.83. The van der Waals surface area contributed by atoms with E-state index >= 15 is 0 Å². The van der Waals surface area contributed by atoms with Crippen LogP contribution in [0.5, 0.6) is 0 Å². The lowest BCUT2D eigenvalue weighted by molar-refractivity contribution is -0.114. The third kappa shape index (κ3) is 3.96. The van der Waals surface area contributed by atoms with Gasteiger partial charge in [-0.3, -0.25) is 9.59 Å². The molecule has 7 nitrogen and oxygen atoms in total. The maximum atomic E-state index is 11.7. The van der Waals surface area contributed by atoms with Crippen LogP contribution in [-0.2, 0) is 4.79 Å². The number of hydrogen-bond acceptors (Lipinski definition) is 5. The van der Waals surface area contributed by atoms with E-state index in [-0.39, 0.29) is 23.0 Å². The number of aromatic nitrogens is 1. The number of aryl methyl sites for hydroxylation is 1. The Hall–Kier alpha value is -2.54. The van der Waals surface area contributed by atoms with Crippen LogP contribution < -0.4 is 16.4 Å². The molecule has 0 atom stereocenters. The minimum absolute atomic E-state index is 0.00819. The van der Waals surface area contributed by atoms with Gasteiger partial charge in [-0.25, -0.2) is 0 Å². The molecule has 0 unspecified atom stereocenters. The van der Waals surface area contributed by atoms with Crippen LogP contribution in [0, 0.1) is 6.92 Å². The highest BCUT2D eigenvalue weighted by atomic mass is 35.5. The van der Waals surface area contributed by atoms with Gasteiger partial charge in [0.15, 0.2) is 5.82 Å². The Morgan fingerprint density at radius 2 is 2.14 bits per heavy atom. The average Bonchev–Trinajstić information content (AvgIpc) is 2.82. The van der Waals surface area contributed by atoms with Crippen molar-refractivity contribution in [3.8, 4) is 0 Å². The molecule has 0 aliphatic carbocycles. The van der Waals surface area contributed by atoms with E-state index in [1.165, 1.54) is 12.1 Å². The Morgan fingerprint density at radius 1 is 1.38 bits per heavy atom. The van der Waals surface area contributed by atoms with Gasteiger partial charge in [0.05, 0.1) is 17.1 Å². The monoisotopic (exact) mass is 308 g/mol. The first-order chi connectivity index (χ1) is 9.95. The molecule has 0 aliphatic rings. The van der Waals surface area contributed by atoms with Crippen molar-refractivity contribution in [2.45, 2.75) is 6.92 Å². The summed E-state index contributed by atoms with van der Waals surface area (Å²) >= 11 is 5.84. The van der Waals surface area contributed by atoms with E-state index in [4.69, 9.17) is 21.9 Å². The second kappa shape index (κ2) is 6.27. The summed E-state index contributed by atoms with van der Waals surface area (Å²) in [5.41, 5.74) is 5.94. The third-order valence-corrected chi connectivity index (χ3v) is 2.91. The zero-order valence-electron chi connectivity index (χ0n) is 11.1. The second-order valence-electron chi connectivity index (χ2n) is 4.28. The summed E-state index contributed by atoms with van der Waals surface area (Å²) in [5, 5.41) is 9.32. The van der Waals surface area contributed by atoms with Gasteiger partial charge in [0.1, 0.15) is 5.76 Å². The number of halogens is 1. The first-order valence-electron chi connectivity index (χ1n) is 6.02. The molecule has 0 saturated heterocycles. The second-order valence-corrected chi connectivity index (χ2v) is 4.69. The largest absolute Gasteiger partial charge is 0.376 e. The Kier molecular flexibility index (Phi) is 4.44. The van der Waals surface area contributed by atoms with Crippen LogP contribution in [0.2, 0.25) is 5.02 Å². The molecule has 1 heterocycles. The van der Waals surface area contributed by atoms with Gasteiger partial charge in [-0.1, -0.05) is 16.8 Å². The van der Waals surface area contributed by atoms with Crippen LogP contribution in [0.25, 0.3) is 0 Å². The van der Waals surface area contributed by atoms with Gasteiger partial charge in [0, 0.05) is 11.8 Å². The van der Waals surface area contributed by atoms with Crippen molar-refractivity contribution in [1.29, 1.82) is 0 Å². The van der Waals surface area contributed by atoms with Crippen LogP contribution in [0.15, 0.2) is 28.8 Å². The van der Waals surface area contributed by atoms with E-state index in [1.807, 2.05) is 0 Å². The van der Waals surface area contributed by atoms with Gasteiger partial charge in [-0.05, 0) is 25.1 Å². The third-order valence-electron chi connectivity index (χ3n) is 2.58. The summed E-state index contributed by atoms with van der Waals surface area (Å²) in [6.45, 7) is 1.71. The van der Waals surface area contributed by atoms with Crippen LogP contribution in [-0.4, -0.2) is 23.5 Å². The molecule has 2 aromatic rings. The highest BCUT2D eigenvalue weighted by Crippen LogP contribution is 2.20. The normalized spacial score (nSPS) is 10.2. The number of carbonyl (C=O) groups is 2. The summed E-state index contributed by atoms with van der Waals surface area (Å²) in [7, 11) is 0. The van der Waals surface area contributed by atoms with Gasteiger partial charge < -0.3 is 20.9 Å². The number of nitrogens with zero attached hydrogens (tertiary/aromatic N) is 1. The molecule has 1 aromatic carbocycles. The van der Waals surface area contributed by atoms with Crippen LogP contribution in [0.1, 0.15) is 16.1 Å². The summed E-state index contributed by atoms with van der Waals surface area (Å²) in [6, 6.07) is 6.26. The van der Waals surface area contributed by atoms with Crippen molar-refractivity contribution in [3.63, 3.8) is 0 Å². The number of anilines is 2. The Morgan fingerprint density at radius 3 is 2.76 bits per heavy atom. The van der Waals surface area contributed by atoms with Crippen LogP contribution >= 0.6 is 11.6 Å². The van der Waals surface area contributed by atoms with E-state index in [2.05, 4.69) is 15.8 Å². The fraction of sp³-hybridized carbons (Fsp3) is 0.154. The topological polar surface area (TPSA) is 110 Å². The quantitative estimate of drug-likeness (QED) is 0.780. The van der Waals surface area contributed by atoms with Crippen molar-refractivity contribution >= 4 is 34.9 Å². The smallest absolute Gasteiger partial charge is 0.250 e. The predicted molar refractivity (Wildman–Crippen MR) is 78.3 cm³/mol. The number of primary amides is 1. The van der Waals surface area contributed by atoms with E-state index in [0.29, 0.717) is 17.3 Å².